The molecule has 1 saturated heterocycles. The van der Waals surface area contributed by atoms with E-state index >= 15 is 0 Å². The van der Waals surface area contributed by atoms with Crippen LogP contribution in [0.2, 0.25) is 0 Å². The van der Waals surface area contributed by atoms with Crippen LogP contribution in [0, 0.1) is 0 Å². The van der Waals surface area contributed by atoms with Gasteiger partial charge in [0.05, 0.1) is 0 Å². The van der Waals surface area contributed by atoms with Gasteiger partial charge in [-0.3, -0.25) is 9.59 Å². The van der Waals surface area contributed by atoms with E-state index in [-0.39, 0.29) is 24.3 Å². The van der Waals surface area contributed by atoms with Crippen LogP contribution in [0.5, 0.6) is 0 Å². The number of carbonyl (C=O) groups is 2. The molecule has 1 aliphatic heterocycles. The Morgan fingerprint density at radius 3 is 2.40 bits per heavy atom. The molecule has 1 heterocycles. The van der Waals surface area contributed by atoms with E-state index in [4.69, 9.17) is 0 Å². The molecule has 0 bridgehead atoms. The minimum atomic E-state index is -3.71. The van der Waals surface area contributed by atoms with E-state index in [2.05, 4.69) is 6.58 Å². The van der Waals surface area contributed by atoms with Crippen molar-refractivity contribution in [2.75, 3.05) is 6.54 Å². The minimum absolute atomic E-state index is 0.00736. The van der Waals surface area contributed by atoms with Crippen LogP contribution in [0.15, 0.2) is 12.2 Å². The third-order valence-electron chi connectivity index (χ3n) is 2.32. The Labute approximate surface area is 88.8 Å². The molecule has 1 rings (SSSR count). The number of Topliss-reactive ketones (excluding diaryl/α,β-unsaturated/α-hetero) is 1. The van der Waals surface area contributed by atoms with Gasteiger partial charge in [-0.25, -0.2) is 12.7 Å². The van der Waals surface area contributed by atoms with Crippen LogP contribution in [-0.4, -0.2) is 36.2 Å². The summed E-state index contributed by atoms with van der Waals surface area (Å²) in [5, 5.41) is -1.07. The summed E-state index contributed by atoms with van der Waals surface area (Å²) >= 11 is 0. The Morgan fingerprint density at radius 1 is 1.53 bits per heavy atom. The zero-order valence-electron chi connectivity index (χ0n) is 8.69. The van der Waals surface area contributed by atoms with Crippen LogP contribution in [0.4, 0.5) is 0 Å². The third kappa shape index (κ3) is 1.81. The summed E-state index contributed by atoms with van der Waals surface area (Å²) in [6.07, 6.45) is -0.177. The second-order valence-corrected chi connectivity index (χ2v) is 5.47. The maximum atomic E-state index is 11.8. The first-order valence-electron chi connectivity index (χ1n) is 4.56. The van der Waals surface area contributed by atoms with Gasteiger partial charge in [0.25, 0.3) is 5.91 Å². The number of hydrogen-bond acceptors (Lipinski definition) is 4. The molecule has 1 unspecified atom stereocenters. The second-order valence-electron chi connectivity index (χ2n) is 3.43. The molecule has 1 fully saturated rings. The number of sulfonamides is 1. The molecular weight excluding hydrogens is 218 g/mol. The van der Waals surface area contributed by atoms with Crippen LogP contribution in [0.3, 0.4) is 0 Å². The van der Waals surface area contributed by atoms with Gasteiger partial charge in [0.2, 0.25) is 10.0 Å². The van der Waals surface area contributed by atoms with Gasteiger partial charge in [0.1, 0.15) is 11.0 Å². The highest BCUT2D eigenvalue weighted by Gasteiger charge is 2.46. The molecule has 0 spiro atoms. The smallest absolute Gasteiger partial charge is 0.264 e. The fourth-order valence-corrected chi connectivity index (χ4v) is 3.48. The lowest BCUT2D eigenvalue weighted by Crippen LogP contribution is -2.32. The van der Waals surface area contributed by atoms with Crippen molar-refractivity contribution in [2.24, 2.45) is 0 Å². The van der Waals surface area contributed by atoms with Crippen molar-refractivity contribution in [3.05, 3.63) is 12.2 Å². The topological polar surface area (TPSA) is 71.5 Å². The van der Waals surface area contributed by atoms with Crippen LogP contribution >= 0.6 is 0 Å². The molecule has 0 saturated carbocycles. The van der Waals surface area contributed by atoms with Crippen LogP contribution in [0.25, 0.3) is 0 Å². The molecule has 0 aromatic heterocycles. The van der Waals surface area contributed by atoms with Gasteiger partial charge in [0, 0.05) is 18.5 Å². The van der Waals surface area contributed by atoms with Crippen molar-refractivity contribution in [1.82, 2.24) is 4.31 Å². The second kappa shape index (κ2) is 3.77. The molecule has 0 aliphatic carbocycles. The van der Waals surface area contributed by atoms with Gasteiger partial charge in [-0.15, -0.1) is 0 Å². The van der Waals surface area contributed by atoms with Crippen molar-refractivity contribution in [3.63, 3.8) is 0 Å². The highest BCUT2D eigenvalue weighted by molar-refractivity contribution is 7.91. The van der Waals surface area contributed by atoms with E-state index in [1.165, 1.54) is 6.92 Å². The first kappa shape index (κ1) is 11.9. The summed E-state index contributed by atoms with van der Waals surface area (Å²) < 4.78 is 24.3. The molecule has 0 aromatic carbocycles. The van der Waals surface area contributed by atoms with E-state index in [9.17, 15) is 18.0 Å². The summed E-state index contributed by atoms with van der Waals surface area (Å²) in [6.45, 7) is 6.38. The summed E-state index contributed by atoms with van der Waals surface area (Å²) in [5.41, 5.74) is -0.00736. The van der Waals surface area contributed by atoms with Gasteiger partial charge in [-0.2, -0.15) is 0 Å². The molecular formula is C9H13NO4S. The number of nitrogens with zero attached hydrogens (tertiary/aromatic N) is 1. The molecule has 84 valence electrons. The van der Waals surface area contributed by atoms with Crippen LogP contribution in [0.1, 0.15) is 20.3 Å². The fraction of sp³-hybridized carbons (Fsp3) is 0.556. The van der Waals surface area contributed by atoms with Gasteiger partial charge < -0.3 is 0 Å². The van der Waals surface area contributed by atoms with Crippen LogP contribution < -0.4 is 0 Å². The van der Waals surface area contributed by atoms with E-state index < -0.39 is 21.2 Å². The standard InChI is InChI=1S/C9H13NO4S/c1-4-10-9(12)7(3)8(5-6(2)11)15(10,13)14/h8H,3-5H2,1-2H3. The maximum absolute atomic E-state index is 11.8. The van der Waals surface area contributed by atoms with Crippen molar-refractivity contribution in [2.45, 2.75) is 25.5 Å². The highest BCUT2D eigenvalue weighted by Crippen LogP contribution is 2.29. The fourth-order valence-electron chi connectivity index (χ4n) is 1.56. The monoisotopic (exact) mass is 231 g/mol. The zero-order chi connectivity index (χ0) is 11.8. The maximum Gasteiger partial charge on any atom is 0.264 e. The summed E-state index contributed by atoms with van der Waals surface area (Å²) in [7, 11) is -3.71. The lowest BCUT2D eigenvalue weighted by Gasteiger charge is -2.13. The van der Waals surface area contributed by atoms with Crippen molar-refractivity contribution >= 4 is 21.7 Å². The number of likely N-dealkylation sites (N-methyl/N-ethyl adjacent to an activating group) is 1. The molecule has 6 heteroatoms. The average Bonchev–Trinajstić information content (AvgIpc) is 2.26. The Morgan fingerprint density at radius 2 is 2.07 bits per heavy atom. The van der Waals surface area contributed by atoms with Crippen molar-refractivity contribution < 1.29 is 18.0 Å². The number of amides is 1. The Bertz CT molecular complexity index is 423. The predicted molar refractivity (Wildman–Crippen MR) is 54.5 cm³/mol. The molecule has 15 heavy (non-hydrogen) atoms. The average molecular weight is 231 g/mol. The van der Waals surface area contributed by atoms with Crippen molar-refractivity contribution in [3.8, 4) is 0 Å². The lowest BCUT2D eigenvalue weighted by atomic mass is 10.1. The molecule has 1 atom stereocenters. The summed E-state index contributed by atoms with van der Waals surface area (Å²) in [4.78, 5) is 22.4. The number of carbonyl (C=O) groups excluding carboxylic acids is 2. The van der Waals surface area contributed by atoms with Crippen LogP contribution in [-0.2, 0) is 19.6 Å². The first-order valence-corrected chi connectivity index (χ1v) is 6.06. The van der Waals surface area contributed by atoms with E-state index in [1.54, 1.807) is 6.92 Å². The minimum Gasteiger partial charge on any atom is -0.300 e. The first-order chi connectivity index (χ1) is 6.82. The van der Waals surface area contributed by atoms with Gasteiger partial charge in [-0.1, -0.05) is 6.58 Å². The number of hydrogen-bond donors (Lipinski definition) is 0. The van der Waals surface area contributed by atoms with Crippen molar-refractivity contribution in [1.29, 1.82) is 0 Å². The van der Waals surface area contributed by atoms with E-state index in [0.29, 0.717) is 0 Å². The quantitative estimate of drug-likeness (QED) is 0.645. The SMILES string of the molecule is C=C1C(=O)N(CC)S(=O)(=O)C1CC(C)=O. The molecule has 0 radical (unpaired) electrons. The number of ketones is 1. The normalized spacial score (nSPS) is 24.7. The molecule has 0 aromatic rings. The Balaban J connectivity index is 3.15. The molecule has 1 aliphatic rings. The van der Waals surface area contributed by atoms with E-state index in [1.807, 2.05) is 0 Å². The van der Waals surface area contributed by atoms with Gasteiger partial charge >= 0.3 is 0 Å². The van der Waals surface area contributed by atoms with Gasteiger partial charge in [-0.05, 0) is 13.8 Å². The molecule has 0 N–H and O–H groups in total. The Kier molecular flexibility index (Phi) is 2.99. The molecule has 5 nitrogen and oxygen atoms in total. The summed E-state index contributed by atoms with van der Waals surface area (Å²) in [6, 6.07) is 0. The third-order valence-corrected chi connectivity index (χ3v) is 4.53. The van der Waals surface area contributed by atoms with Gasteiger partial charge in [0.15, 0.2) is 0 Å². The van der Waals surface area contributed by atoms with E-state index in [0.717, 1.165) is 4.31 Å². The predicted octanol–water partition coefficient (Wildman–Crippen LogP) is 0.0822. The Hall–Kier alpha value is -1.17. The largest absolute Gasteiger partial charge is 0.300 e. The molecule has 1 amide bonds. The number of rotatable bonds is 3. The zero-order valence-corrected chi connectivity index (χ0v) is 9.50. The highest BCUT2D eigenvalue weighted by atomic mass is 32.2. The summed E-state index contributed by atoms with van der Waals surface area (Å²) in [5.74, 6) is -0.862. The lowest BCUT2D eigenvalue weighted by molar-refractivity contribution is -0.121.